The zero-order valence-corrected chi connectivity index (χ0v) is 21.5. The zero-order chi connectivity index (χ0) is 26.1. The van der Waals surface area contributed by atoms with Crippen LogP contribution < -0.4 is 15.5 Å². The zero-order valence-electron chi connectivity index (χ0n) is 21.5. The minimum atomic E-state index is -1.53. The van der Waals surface area contributed by atoms with E-state index in [0.29, 0.717) is 41.9 Å². The molecule has 3 aliphatic rings. The summed E-state index contributed by atoms with van der Waals surface area (Å²) in [4.78, 5) is 30.3. The standard InChI is InChI=1S/C31H30FN3O2/c1-18-12-23-24(13-19(18)2)34-31(28-25(33-23)15-30(3,4)16-27(28)36)22-14-21(32)10-11-26(22)35(29(31)37)17-20-8-6-5-7-9-20/h5-14,33-34H,15-17H2,1-4H3. The number of aryl methyl sites for hydroxylation is 2. The van der Waals surface area contributed by atoms with Crippen LogP contribution in [0.25, 0.3) is 0 Å². The predicted molar refractivity (Wildman–Crippen MR) is 144 cm³/mol. The van der Waals surface area contributed by atoms with Gasteiger partial charge in [0.25, 0.3) is 5.91 Å². The summed E-state index contributed by atoms with van der Waals surface area (Å²) in [6.45, 7) is 8.50. The normalized spacial score (nSPS) is 21.7. The fraction of sp³-hybridized carbons (Fsp3) is 0.290. The molecule has 5 nitrogen and oxygen atoms in total. The maximum Gasteiger partial charge on any atom is 0.262 e. The number of amides is 1. The Hall–Kier alpha value is -3.93. The first-order chi connectivity index (χ1) is 17.6. The van der Waals surface area contributed by atoms with Gasteiger partial charge in [0.05, 0.1) is 29.2 Å². The fourth-order valence-electron chi connectivity index (χ4n) is 6.07. The summed E-state index contributed by atoms with van der Waals surface area (Å²) in [6, 6.07) is 18.2. The van der Waals surface area contributed by atoms with Gasteiger partial charge in [-0.05, 0) is 72.7 Å². The lowest BCUT2D eigenvalue weighted by molar-refractivity contribution is -0.125. The molecular weight excluding hydrogens is 465 g/mol. The molecule has 3 aromatic carbocycles. The summed E-state index contributed by atoms with van der Waals surface area (Å²) < 4.78 is 14.9. The van der Waals surface area contributed by atoms with Crippen molar-refractivity contribution in [1.29, 1.82) is 0 Å². The van der Waals surface area contributed by atoms with Crippen LogP contribution in [0.4, 0.5) is 21.5 Å². The lowest BCUT2D eigenvalue weighted by atomic mass is 9.69. The van der Waals surface area contributed by atoms with Gasteiger partial charge in [0, 0.05) is 17.7 Å². The maximum absolute atomic E-state index is 14.9. The van der Waals surface area contributed by atoms with Gasteiger partial charge in [-0.25, -0.2) is 4.39 Å². The summed E-state index contributed by atoms with van der Waals surface area (Å²) in [7, 11) is 0. The number of rotatable bonds is 2. The van der Waals surface area contributed by atoms with Crippen molar-refractivity contribution in [2.45, 2.75) is 52.6 Å². The molecule has 1 atom stereocenters. The predicted octanol–water partition coefficient (Wildman–Crippen LogP) is 6.37. The van der Waals surface area contributed by atoms with Crippen LogP contribution in [0.2, 0.25) is 0 Å². The molecule has 0 radical (unpaired) electrons. The van der Waals surface area contributed by atoms with Crippen molar-refractivity contribution in [1.82, 2.24) is 0 Å². The average molecular weight is 496 g/mol. The van der Waals surface area contributed by atoms with E-state index in [2.05, 4.69) is 24.5 Å². The van der Waals surface area contributed by atoms with Gasteiger partial charge in [-0.2, -0.15) is 0 Å². The number of anilines is 3. The van der Waals surface area contributed by atoms with Gasteiger partial charge < -0.3 is 15.5 Å². The summed E-state index contributed by atoms with van der Waals surface area (Å²) in [5.41, 5.74) is 5.03. The number of fused-ring (bicyclic) bond motifs is 4. The number of benzene rings is 3. The lowest BCUT2D eigenvalue weighted by Gasteiger charge is -2.38. The highest BCUT2D eigenvalue weighted by Gasteiger charge is 2.59. The smallest absolute Gasteiger partial charge is 0.262 e. The van der Waals surface area contributed by atoms with E-state index in [1.54, 1.807) is 11.0 Å². The third-order valence-electron chi connectivity index (χ3n) is 7.89. The van der Waals surface area contributed by atoms with E-state index in [1.165, 1.54) is 12.1 Å². The van der Waals surface area contributed by atoms with Gasteiger partial charge in [0.2, 0.25) is 0 Å². The molecule has 0 fully saturated rings. The Labute approximate surface area is 216 Å². The SMILES string of the molecule is Cc1cc2c(cc1C)NC1(C(=O)N(Cc3ccccc3)c3ccc(F)cc31)C1=C(CC(C)(C)CC1=O)N2. The molecular formula is C31H30FN3O2. The third-order valence-corrected chi connectivity index (χ3v) is 7.89. The van der Waals surface area contributed by atoms with Crippen LogP contribution in [0.15, 0.2) is 71.9 Å². The molecule has 0 bridgehead atoms. The Morgan fingerprint density at radius 2 is 1.62 bits per heavy atom. The molecule has 188 valence electrons. The van der Waals surface area contributed by atoms with E-state index < -0.39 is 11.4 Å². The Kier molecular flexibility index (Phi) is 5.10. The van der Waals surface area contributed by atoms with Crippen LogP contribution in [-0.2, 0) is 21.7 Å². The van der Waals surface area contributed by atoms with Crippen molar-refractivity contribution in [2.24, 2.45) is 5.41 Å². The van der Waals surface area contributed by atoms with E-state index in [4.69, 9.17) is 0 Å². The Bertz CT molecular complexity index is 1510. The van der Waals surface area contributed by atoms with Crippen LogP contribution in [-0.4, -0.2) is 11.7 Å². The Morgan fingerprint density at radius 1 is 0.919 bits per heavy atom. The molecule has 3 aromatic rings. The number of nitrogens with one attached hydrogen (secondary N) is 2. The highest BCUT2D eigenvalue weighted by atomic mass is 19.1. The second-order valence-electron chi connectivity index (χ2n) is 11.3. The number of carbonyl (C=O) groups excluding carboxylic acids is 2. The molecule has 2 N–H and O–H groups in total. The number of ketones is 1. The molecule has 1 spiro atoms. The molecule has 2 aliphatic heterocycles. The van der Waals surface area contributed by atoms with Crippen LogP contribution in [0, 0.1) is 25.1 Å². The molecule has 1 aliphatic carbocycles. The summed E-state index contributed by atoms with van der Waals surface area (Å²) in [6.07, 6.45) is 0.905. The number of hydrogen-bond acceptors (Lipinski definition) is 4. The Balaban J connectivity index is 1.64. The molecule has 0 saturated carbocycles. The Morgan fingerprint density at radius 3 is 2.35 bits per heavy atom. The first-order valence-electron chi connectivity index (χ1n) is 12.7. The minimum Gasteiger partial charge on any atom is -0.362 e. The van der Waals surface area contributed by atoms with Crippen LogP contribution in [0.1, 0.15) is 48.9 Å². The molecule has 37 heavy (non-hydrogen) atoms. The van der Waals surface area contributed by atoms with Gasteiger partial charge >= 0.3 is 0 Å². The van der Waals surface area contributed by atoms with E-state index in [9.17, 15) is 14.0 Å². The topological polar surface area (TPSA) is 61.4 Å². The second kappa shape index (κ2) is 8.04. The number of Topliss-reactive ketones (excluding diaryl/α,β-unsaturated/α-hetero) is 1. The van der Waals surface area contributed by atoms with Gasteiger partial charge in [0.15, 0.2) is 11.3 Å². The van der Waals surface area contributed by atoms with Gasteiger partial charge in [0.1, 0.15) is 5.82 Å². The summed E-state index contributed by atoms with van der Waals surface area (Å²) in [5.74, 6) is -0.819. The first kappa shape index (κ1) is 23.5. The monoisotopic (exact) mass is 495 g/mol. The van der Waals surface area contributed by atoms with Gasteiger partial charge in [-0.1, -0.05) is 44.2 Å². The number of nitrogens with zero attached hydrogens (tertiary/aromatic N) is 1. The second-order valence-corrected chi connectivity index (χ2v) is 11.3. The van der Waals surface area contributed by atoms with Crippen molar-refractivity contribution in [2.75, 3.05) is 15.5 Å². The van der Waals surface area contributed by atoms with E-state index in [1.807, 2.05) is 56.3 Å². The number of allylic oxidation sites excluding steroid dienone is 1. The fourth-order valence-corrected chi connectivity index (χ4v) is 6.07. The van der Waals surface area contributed by atoms with Crippen LogP contribution in [0.3, 0.4) is 0 Å². The molecule has 1 amide bonds. The highest BCUT2D eigenvalue weighted by molar-refractivity contribution is 6.19. The number of halogens is 1. The van der Waals surface area contributed by atoms with Crippen molar-refractivity contribution < 1.29 is 14.0 Å². The molecule has 6 rings (SSSR count). The highest BCUT2D eigenvalue weighted by Crippen LogP contribution is 2.54. The van der Waals surface area contributed by atoms with Gasteiger partial charge in [-0.15, -0.1) is 0 Å². The van der Waals surface area contributed by atoms with Crippen LogP contribution >= 0.6 is 0 Å². The molecule has 1 unspecified atom stereocenters. The summed E-state index contributed by atoms with van der Waals surface area (Å²) >= 11 is 0. The number of carbonyl (C=O) groups is 2. The lowest BCUT2D eigenvalue weighted by Crippen LogP contribution is -2.50. The maximum atomic E-state index is 14.9. The summed E-state index contributed by atoms with van der Waals surface area (Å²) in [5, 5.41) is 7.04. The van der Waals surface area contributed by atoms with Gasteiger partial charge in [-0.3, -0.25) is 9.59 Å². The number of hydrogen-bond donors (Lipinski definition) is 2. The molecule has 6 heteroatoms. The molecule has 2 heterocycles. The largest absolute Gasteiger partial charge is 0.362 e. The minimum absolute atomic E-state index is 0.0994. The average Bonchev–Trinajstić information content (AvgIpc) is 2.95. The molecule has 0 saturated heterocycles. The third kappa shape index (κ3) is 3.57. The van der Waals surface area contributed by atoms with E-state index >= 15 is 0 Å². The first-order valence-corrected chi connectivity index (χ1v) is 12.7. The quantitative estimate of drug-likeness (QED) is 0.434. The molecule has 0 aromatic heterocycles. The van der Waals surface area contributed by atoms with Crippen molar-refractivity contribution >= 4 is 28.8 Å². The van der Waals surface area contributed by atoms with Crippen molar-refractivity contribution in [3.8, 4) is 0 Å². The van der Waals surface area contributed by atoms with Crippen molar-refractivity contribution in [3.63, 3.8) is 0 Å². The van der Waals surface area contributed by atoms with Crippen LogP contribution in [0.5, 0.6) is 0 Å². The van der Waals surface area contributed by atoms with E-state index in [0.717, 1.165) is 28.1 Å². The van der Waals surface area contributed by atoms with E-state index in [-0.39, 0.29) is 17.1 Å². The van der Waals surface area contributed by atoms with Crippen molar-refractivity contribution in [3.05, 3.63) is 100 Å².